The van der Waals surface area contributed by atoms with Crippen molar-refractivity contribution >= 4 is 5.91 Å². The molecule has 1 aromatic rings. The summed E-state index contributed by atoms with van der Waals surface area (Å²) in [7, 11) is 0. The Balaban J connectivity index is 1.81. The van der Waals surface area contributed by atoms with Gasteiger partial charge < -0.3 is 15.4 Å². The number of rotatable bonds is 9. The lowest BCUT2D eigenvalue weighted by Gasteiger charge is -2.12. The van der Waals surface area contributed by atoms with Crippen LogP contribution < -0.4 is 15.4 Å². The highest BCUT2D eigenvalue weighted by Gasteiger charge is 2.22. The summed E-state index contributed by atoms with van der Waals surface area (Å²) >= 11 is 0. The number of pyridine rings is 1. The van der Waals surface area contributed by atoms with Crippen LogP contribution in [-0.2, 0) is 11.3 Å². The lowest BCUT2D eigenvalue weighted by atomic mass is 10.2. The topological polar surface area (TPSA) is 63.3 Å². The molecule has 0 aromatic carbocycles. The van der Waals surface area contributed by atoms with Gasteiger partial charge in [-0.05, 0) is 44.9 Å². The van der Waals surface area contributed by atoms with Crippen LogP contribution in [0.15, 0.2) is 12.1 Å². The number of carbonyl (C=O) groups is 1. The van der Waals surface area contributed by atoms with E-state index in [1.165, 1.54) is 0 Å². The molecule has 116 valence electrons. The molecule has 1 aliphatic carbocycles. The van der Waals surface area contributed by atoms with Gasteiger partial charge >= 0.3 is 0 Å². The first-order valence-corrected chi connectivity index (χ1v) is 7.78. The highest BCUT2D eigenvalue weighted by Crippen LogP contribution is 2.19. The van der Waals surface area contributed by atoms with Crippen molar-refractivity contribution in [2.45, 2.75) is 52.1 Å². The summed E-state index contributed by atoms with van der Waals surface area (Å²) in [5.41, 5.74) is 1.88. The molecule has 0 unspecified atom stereocenters. The summed E-state index contributed by atoms with van der Waals surface area (Å²) in [6.45, 7) is 6.14. The van der Waals surface area contributed by atoms with Gasteiger partial charge in [-0.25, -0.2) is 0 Å². The van der Waals surface area contributed by atoms with Crippen molar-refractivity contribution in [2.75, 3.05) is 13.2 Å². The molecule has 5 heteroatoms. The van der Waals surface area contributed by atoms with Gasteiger partial charge in [0.15, 0.2) is 0 Å². The normalized spacial score (nSPS) is 14.0. The summed E-state index contributed by atoms with van der Waals surface area (Å²) in [6.07, 6.45) is 3.71. The number of aromatic nitrogens is 1. The van der Waals surface area contributed by atoms with Crippen molar-refractivity contribution in [1.29, 1.82) is 0 Å². The molecule has 0 radical (unpaired) electrons. The molecule has 2 N–H and O–H groups in total. The van der Waals surface area contributed by atoms with E-state index in [0.717, 1.165) is 42.9 Å². The number of hydrogen-bond donors (Lipinski definition) is 2. The number of aryl methyl sites for hydroxylation is 1. The summed E-state index contributed by atoms with van der Waals surface area (Å²) in [5.74, 6) is 0.839. The molecule has 0 saturated heterocycles. The van der Waals surface area contributed by atoms with Gasteiger partial charge in [-0.3, -0.25) is 9.78 Å². The van der Waals surface area contributed by atoms with Crippen molar-refractivity contribution in [1.82, 2.24) is 15.6 Å². The molecule has 0 bridgehead atoms. The van der Waals surface area contributed by atoms with Gasteiger partial charge in [-0.2, -0.15) is 0 Å². The largest absolute Gasteiger partial charge is 0.491 e. The molecule has 1 heterocycles. The summed E-state index contributed by atoms with van der Waals surface area (Å²) in [6, 6.07) is 4.28. The minimum absolute atomic E-state index is 0.0724. The van der Waals surface area contributed by atoms with Crippen molar-refractivity contribution in [3.8, 4) is 5.75 Å². The Morgan fingerprint density at radius 1 is 1.43 bits per heavy atom. The molecule has 0 spiro atoms. The molecule has 0 atom stereocenters. The van der Waals surface area contributed by atoms with Gasteiger partial charge in [0.2, 0.25) is 5.91 Å². The monoisotopic (exact) mass is 291 g/mol. The maximum Gasteiger partial charge on any atom is 0.223 e. The first-order valence-electron chi connectivity index (χ1n) is 7.78. The van der Waals surface area contributed by atoms with E-state index >= 15 is 0 Å². The van der Waals surface area contributed by atoms with E-state index in [1.807, 2.05) is 19.1 Å². The van der Waals surface area contributed by atoms with Gasteiger partial charge in [0.25, 0.3) is 0 Å². The van der Waals surface area contributed by atoms with Crippen molar-refractivity contribution in [3.05, 3.63) is 23.5 Å². The Labute approximate surface area is 126 Å². The lowest BCUT2D eigenvalue weighted by molar-refractivity contribution is -0.121. The van der Waals surface area contributed by atoms with E-state index in [1.54, 1.807) is 0 Å². The predicted octanol–water partition coefficient (Wildman–Crippen LogP) is 1.94. The van der Waals surface area contributed by atoms with E-state index in [0.29, 0.717) is 25.6 Å². The molecule has 1 aliphatic rings. The van der Waals surface area contributed by atoms with Gasteiger partial charge in [0.1, 0.15) is 5.75 Å². The zero-order valence-electron chi connectivity index (χ0n) is 12.9. The first kappa shape index (κ1) is 15.8. The summed E-state index contributed by atoms with van der Waals surface area (Å²) in [4.78, 5) is 16.1. The quantitative estimate of drug-likeness (QED) is 0.683. The van der Waals surface area contributed by atoms with E-state index in [2.05, 4.69) is 22.5 Å². The maximum atomic E-state index is 11.6. The zero-order chi connectivity index (χ0) is 15.1. The number of carbonyl (C=O) groups excluding carboxylic acids is 1. The Bertz CT molecular complexity index is 473. The summed E-state index contributed by atoms with van der Waals surface area (Å²) in [5, 5.41) is 6.29. The predicted molar refractivity (Wildman–Crippen MR) is 82.2 cm³/mol. The lowest BCUT2D eigenvalue weighted by Crippen LogP contribution is -2.26. The second kappa shape index (κ2) is 7.98. The molecular formula is C16H25N3O2. The number of nitrogens with zero attached hydrogens (tertiary/aromatic N) is 1. The summed E-state index contributed by atoms with van der Waals surface area (Å²) < 4.78 is 5.73. The Morgan fingerprint density at radius 2 is 2.24 bits per heavy atom. The van der Waals surface area contributed by atoms with Crippen LogP contribution in [-0.4, -0.2) is 30.1 Å². The highest BCUT2D eigenvalue weighted by atomic mass is 16.5. The van der Waals surface area contributed by atoms with Gasteiger partial charge in [-0.1, -0.05) is 6.92 Å². The van der Waals surface area contributed by atoms with E-state index < -0.39 is 0 Å². The number of ether oxygens (including phenoxy) is 1. The smallest absolute Gasteiger partial charge is 0.223 e. The molecule has 1 fully saturated rings. The highest BCUT2D eigenvalue weighted by molar-refractivity contribution is 5.76. The van der Waals surface area contributed by atoms with Crippen LogP contribution in [0, 0.1) is 6.92 Å². The van der Waals surface area contributed by atoms with Crippen LogP contribution in [0.3, 0.4) is 0 Å². The molecule has 1 amide bonds. The fourth-order valence-corrected chi connectivity index (χ4v) is 2.02. The molecule has 21 heavy (non-hydrogen) atoms. The number of amides is 1. The second-order valence-corrected chi connectivity index (χ2v) is 5.51. The molecule has 0 aliphatic heterocycles. The van der Waals surface area contributed by atoms with Crippen LogP contribution in [0.2, 0.25) is 0 Å². The molecular weight excluding hydrogens is 266 g/mol. The second-order valence-electron chi connectivity index (χ2n) is 5.51. The minimum Gasteiger partial charge on any atom is -0.491 e. The van der Waals surface area contributed by atoms with Crippen molar-refractivity contribution in [2.24, 2.45) is 0 Å². The van der Waals surface area contributed by atoms with Crippen LogP contribution in [0.1, 0.15) is 44.0 Å². The number of nitrogens with one attached hydrogen (secondary N) is 2. The third kappa shape index (κ3) is 5.71. The molecule has 1 saturated carbocycles. The van der Waals surface area contributed by atoms with Crippen LogP contribution in [0.25, 0.3) is 0 Å². The van der Waals surface area contributed by atoms with Crippen LogP contribution >= 0.6 is 0 Å². The van der Waals surface area contributed by atoms with Crippen molar-refractivity contribution in [3.63, 3.8) is 0 Å². The molecule has 5 nitrogen and oxygen atoms in total. The SMILES string of the molecule is CCCNCc1nc(C)ccc1OCCC(=O)NC1CC1. The Morgan fingerprint density at radius 3 is 2.95 bits per heavy atom. The standard InChI is InChI=1S/C16H25N3O2/c1-3-9-17-11-14-15(7-4-12(2)18-14)21-10-8-16(20)19-13-5-6-13/h4,7,13,17H,3,5-6,8-11H2,1-2H3,(H,19,20). The van der Waals surface area contributed by atoms with E-state index in [-0.39, 0.29) is 5.91 Å². The average molecular weight is 291 g/mol. The average Bonchev–Trinajstić information content (AvgIpc) is 3.25. The van der Waals surface area contributed by atoms with Crippen molar-refractivity contribution < 1.29 is 9.53 Å². The van der Waals surface area contributed by atoms with E-state index in [9.17, 15) is 4.79 Å². The van der Waals surface area contributed by atoms with Crippen LogP contribution in [0.4, 0.5) is 0 Å². The Kier molecular flexibility index (Phi) is 5.99. The first-order chi connectivity index (χ1) is 10.2. The minimum atomic E-state index is 0.0724. The van der Waals surface area contributed by atoms with Crippen LogP contribution in [0.5, 0.6) is 5.75 Å². The molecule has 2 rings (SSSR count). The zero-order valence-corrected chi connectivity index (χ0v) is 12.9. The fraction of sp³-hybridized carbons (Fsp3) is 0.625. The fourth-order valence-electron chi connectivity index (χ4n) is 2.02. The third-order valence-electron chi connectivity index (χ3n) is 3.32. The van der Waals surface area contributed by atoms with E-state index in [4.69, 9.17) is 4.74 Å². The molecule has 1 aromatic heterocycles. The van der Waals surface area contributed by atoms with Gasteiger partial charge in [0, 0.05) is 18.3 Å². The van der Waals surface area contributed by atoms with Gasteiger partial charge in [-0.15, -0.1) is 0 Å². The Hall–Kier alpha value is -1.62. The maximum absolute atomic E-state index is 11.6. The third-order valence-corrected chi connectivity index (χ3v) is 3.32. The number of hydrogen-bond acceptors (Lipinski definition) is 4. The van der Waals surface area contributed by atoms with Gasteiger partial charge in [0.05, 0.1) is 18.7 Å².